The standard InChI is InChI=1S/C20H31NO/c1-15(2)19(21)12-11-16(3)13-17(4)20(22-5)14-18-9-7-6-8-10-18/h6-13,15,17,19-20H,14,21H2,1-5H3. The van der Waals surface area contributed by atoms with Crippen LogP contribution in [0.1, 0.15) is 33.3 Å². The van der Waals surface area contributed by atoms with Gasteiger partial charge in [0.15, 0.2) is 0 Å². The molecule has 0 heterocycles. The number of methoxy groups -OCH3 is 1. The van der Waals surface area contributed by atoms with Crippen LogP contribution in [0.4, 0.5) is 0 Å². The SMILES string of the molecule is COC(Cc1ccccc1)C(C)C=C(C)C=CC(N)C(C)C. The molecule has 0 aromatic heterocycles. The summed E-state index contributed by atoms with van der Waals surface area (Å²) < 4.78 is 5.69. The molecule has 0 amide bonds. The van der Waals surface area contributed by atoms with Crippen LogP contribution in [0.25, 0.3) is 0 Å². The van der Waals surface area contributed by atoms with Crippen molar-refractivity contribution in [1.29, 1.82) is 0 Å². The lowest BCUT2D eigenvalue weighted by molar-refractivity contribution is 0.0745. The molecular formula is C20H31NO. The van der Waals surface area contributed by atoms with E-state index in [9.17, 15) is 0 Å². The molecule has 122 valence electrons. The van der Waals surface area contributed by atoms with Crippen LogP contribution in [-0.4, -0.2) is 19.3 Å². The van der Waals surface area contributed by atoms with Crippen molar-refractivity contribution in [3.05, 3.63) is 59.7 Å². The van der Waals surface area contributed by atoms with Crippen molar-refractivity contribution in [2.24, 2.45) is 17.6 Å². The van der Waals surface area contributed by atoms with Crippen molar-refractivity contribution in [1.82, 2.24) is 0 Å². The predicted molar refractivity (Wildman–Crippen MR) is 95.8 cm³/mol. The molecule has 3 unspecified atom stereocenters. The highest BCUT2D eigenvalue weighted by molar-refractivity contribution is 5.20. The van der Waals surface area contributed by atoms with Gasteiger partial charge >= 0.3 is 0 Å². The number of hydrogen-bond acceptors (Lipinski definition) is 2. The molecule has 0 aliphatic heterocycles. The topological polar surface area (TPSA) is 35.2 Å². The largest absolute Gasteiger partial charge is 0.381 e. The maximum atomic E-state index is 6.05. The van der Waals surface area contributed by atoms with E-state index in [2.05, 4.69) is 70.2 Å². The van der Waals surface area contributed by atoms with Crippen LogP contribution in [0, 0.1) is 11.8 Å². The van der Waals surface area contributed by atoms with E-state index in [0.29, 0.717) is 11.8 Å². The number of benzene rings is 1. The fourth-order valence-corrected chi connectivity index (χ4v) is 2.39. The maximum Gasteiger partial charge on any atom is 0.0671 e. The minimum atomic E-state index is 0.112. The predicted octanol–water partition coefficient (Wildman–Crippen LogP) is 4.37. The van der Waals surface area contributed by atoms with Crippen molar-refractivity contribution in [3.63, 3.8) is 0 Å². The summed E-state index contributed by atoms with van der Waals surface area (Å²) in [6.07, 6.45) is 7.58. The Bertz CT molecular complexity index is 476. The lowest BCUT2D eigenvalue weighted by atomic mass is 9.95. The van der Waals surface area contributed by atoms with Gasteiger partial charge in [-0.2, -0.15) is 0 Å². The summed E-state index contributed by atoms with van der Waals surface area (Å²) in [6, 6.07) is 10.6. The van der Waals surface area contributed by atoms with Gasteiger partial charge in [-0.25, -0.2) is 0 Å². The Labute approximate surface area is 136 Å². The van der Waals surface area contributed by atoms with E-state index in [1.54, 1.807) is 7.11 Å². The van der Waals surface area contributed by atoms with Crippen LogP contribution in [0.5, 0.6) is 0 Å². The van der Waals surface area contributed by atoms with Gasteiger partial charge in [-0.15, -0.1) is 0 Å². The van der Waals surface area contributed by atoms with E-state index in [4.69, 9.17) is 10.5 Å². The second-order valence-corrected chi connectivity index (χ2v) is 6.41. The number of nitrogens with two attached hydrogens (primary N) is 1. The molecule has 0 spiro atoms. The average Bonchev–Trinajstić information content (AvgIpc) is 2.50. The number of ether oxygens (including phenoxy) is 1. The minimum absolute atomic E-state index is 0.112. The zero-order chi connectivity index (χ0) is 16.5. The van der Waals surface area contributed by atoms with Crippen LogP contribution in [0.3, 0.4) is 0 Å². The Hall–Kier alpha value is -1.38. The van der Waals surface area contributed by atoms with E-state index in [-0.39, 0.29) is 12.1 Å². The molecule has 2 nitrogen and oxygen atoms in total. The zero-order valence-corrected chi connectivity index (χ0v) is 14.6. The molecule has 3 atom stereocenters. The molecule has 1 aromatic rings. The second kappa shape index (κ2) is 9.60. The van der Waals surface area contributed by atoms with Gasteiger partial charge in [-0.3, -0.25) is 0 Å². The van der Waals surface area contributed by atoms with Crippen molar-refractivity contribution in [2.45, 2.75) is 46.3 Å². The molecule has 0 aliphatic rings. The summed E-state index contributed by atoms with van der Waals surface area (Å²) in [5.74, 6) is 0.816. The summed E-state index contributed by atoms with van der Waals surface area (Å²) in [5, 5.41) is 0. The molecule has 0 saturated heterocycles. The lowest BCUT2D eigenvalue weighted by Gasteiger charge is -2.21. The zero-order valence-electron chi connectivity index (χ0n) is 14.6. The van der Waals surface area contributed by atoms with Crippen LogP contribution in [0.15, 0.2) is 54.1 Å². The Morgan fingerprint density at radius 2 is 1.82 bits per heavy atom. The third-order valence-electron chi connectivity index (χ3n) is 4.05. The van der Waals surface area contributed by atoms with Gasteiger partial charge in [0.25, 0.3) is 0 Å². The van der Waals surface area contributed by atoms with Gasteiger partial charge in [0.05, 0.1) is 6.10 Å². The highest BCUT2D eigenvalue weighted by Gasteiger charge is 2.15. The molecule has 0 radical (unpaired) electrons. The minimum Gasteiger partial charge on any atom is -0.381 e. The van der Waals surface area contributed by atoms with Crippen LogP contribution in [0.2, 0.25) is 0 Å². The van der Waals surface area contributed by atoms with Crippen LogP contribution < -0.4 is 5.73 Å². The Balaban J connectivity index is 2.67. The average molecular weight is 301 g/mol. The van der Waals surface area contributed by atoms with Gasteiger partial charge in [-0.1, -0.05) is 74.9 Å². The first-order valence-corrected chi connectivity index (χ1v) is 8.13. The molecule has 0 aliphatic carbocycles. The normalized spacial score (nSPS) is 17.0. The molecule has 22 heavy (non-hydrogen) atoms. The maximum absolute atomic E-state index is 6.05. The van der Waals surface area contributed by atoms with Crippen molar-refractivity contribution >= 4 is 0 Å². The second-order valence-electron chi connectivity index (χ2n) is 6.41. The summed E-state index contributed by atoms with van der Waals surface area (Å²) in [7, 11) is 1.79. The summed E-state index contributed by atoms with van der Waals surface area (Å²) >= 11 is 0. The Morgan fingerprint density at radius 3 is 2.36 bits per heavy atom. The fourth-order valence-electron chi connectivity index (χ4n) is 2.39. The first-order valence-electron chi connectivity index (χ1n) is 8.13. The summed E-state index contributed by atoms with van der Waals surface area (Å²) in [5.41, 5.74) is 8.59. The van der Waals surface area contributed by atoms with E-state index in [1.165, 1.54) is 11.1 Å². The van der Waals surface area contributed by atoms with Crippen LogP contribution >= 0.6 is 0 Å². The van der Waals surface area contributed by atoms with Gasteiger partial charge < -0.3 is 10.5 Å². The van der Waals surface area contributed by atoms with Gasteiger partial charge in [0.1, 0.15) is 0 Å². The van der Waals surface area contributed by atoms with Gasteiger partial charge in [0.2, 0.25) is 0 Å². The molecule has 0 fully saturated rings. The van der Waals surface area contributed by atoms with Gasteiger partial charge in [0, 0.05) is 19.1 Å². The van der Waals surface area contributed by atoms with Gasteiger partial charge in [-0.05, 0) is 24.8 Å². The molecule has 1 rings (SSSR count). The highest BCUT2D eigenvalue weighted by atomic mass is 16.5. The molecule has 0 saturated carbocycles. The monoisotopic (exact) mass is 301 g/mol. The summed E-state index contributed by atoms with van der Waals surface area (Å²) in [4.78, 5) is 0. The van der Waals surface area contributed by atoms with E-state index in [0.717, 1.165) is 6.42 Å². The molecule has 1 aromatic carbocycles. The summed E-state index contributed by atoms with van der Waals surface area (Å²) in [6.45, 7) is 8.60. The lowest BCUT2D eigenvalue weighted by Crippen LogP contribution is -2.23. The van der Waals surface area contributed by atoms with Crippen molar-refractivity contribution < 1.29 is 4.74 Å². The number of rotatable bonds is 8. The third kappa shape index (κ3) is 6.59. The highest BCUT2D eigenvalue weighted by Crippen LogP contribution is 2.17. The molecular weight excluding hydrogens is 270 g/mol. The first kappa shape index (κ1) is 18.7. The Kier molecular flexibility index (Phi) is 8.15. The molecule has 0 bridgehead atoms. The fraction of sp³-hybridized carbons (Fsp3) is 0.500. The van der Waals surface area contributed by atoms with E-state index in [1.807, 2.05) is 6.07 Å². The number of allylic oxidation sites excluding steroid dienone is 2. The molecule has 2 heteroatoms. The van der Waals surface area contributed by atoms with E-state index >= 15 is 0 Å². The van der Waals surface area contributed by atoms with Crippen LogP contribution in [-0.2, 0) is 11.2 Å². The van der Waals surface area contributed by atoms with Crippen molar-refractivity contribution in [2.75, 3.05) is 7.11 Å². The number of hydrogen-bond donors (Lipinski definition) is 1. The Morgan fingerprint density at radius 1 is 1.18 bits per heavy atom. The molecule has 2 N–H and O–H groups in total. The van der Waals surface area contributed by atoms with E-state index < -0.39 is 0 Å². The first-order chi connectivity index (χ1) is 10.4. The van der Waals surface area contributed by atoms with Crippen molar-refractivity contribution in [3.8, 4) is 0 Å². The quantitative estimate of drug-likeness (QED) is 0.724. The smallest absolute Gasteiger partial charge is 0.0671 e. The third-order valence-corrected chi connectivity index (χ3v) is 4.05.